The molecule has 2 N–H and O–H groups in total. The molecule has 3 nitrogen and oxygen atoms in total. The molecule has 2 fully saturated rings. The number of carbonyl (C=O) groups is 1. The second-order valence-corrected chi connectivity index (χ2v) is 7.86. The molecule has 1 aliphatic heterocycles. The topological polar surface area (TPSA) is 33.5 Å². The number of quaternary nitrogens is 1. The lowest BCUT2D eigenvalue weighted by atomic mass is 9.89. The van der Waals surface area contributed by atoms with E-state index in [2.05, 4.69) is 42.6 Å². The second kappa shape index (κ2) is 8.66. The Morgan fingerprint density at radius 1 is 1.08 bits per heavy atom. The van der Waals surface area contributed by atoms with Gasteiger partial charge in [0, 0.05) is 6.04 Å². The largest absolute Gasteiger partial charge is 0.348 e. The Labute approximate surface area is 146 Å². The number of hydrogen-bond donors (Lipinski definition) is 2. The fourth-order valence-electron chi connectivity index (χ4n) is 4.39. The zero-order chi connectivity index (χ0) is 16.8. The van der Waals surface area contributed by atoms with Gasteiger partial charge in [0.1, 0.15) is 0 Å². The van der Waals surface area contributed by atoms with Crippen LogP contribution in [0.5, 0.6) is 0 Å². The summed E-state index contributed by atoms with van der Waals surface area (Å²) in [4.78, 5) is 14.0. The van der Waals surface area contributed by atoms with Crippen molar-refractivity contribution < 1.29 is 9.69 Å². The summed E-state index contributed by atoms with van der Waals surface area (Å²) in [6, 6.07) is 11.4. The molecular weight excluding hydrogens is 296 g/mol. The van der Waals surface area contributed by atoms with Crippen molar-refractivity contribution in [3.63, 3.8) is 0 Å². The number of amides is 1. The number of rotatable bonds is 5. The summed E-state index contributed by atoms with van der Waals surface area (Å²) in [5, 5.41) is 3.31. The molecule has 0 unspecified atom stereocenters. The smallest absolute Gasteiger partial charge is 0.278 e. The predicted molar refractivity (Wildman–Crippen MR) is 98.0 cm³/mol. The normalized spacial score (nSPS) is 26.7. The first-order valence-electron chi connectivity index (χ1n) is 9.91. The fourth-order valence-corrected chi connectivity index (χ4v) is 4.39. The molecule has 132 valence electrons. The molecule has 0 bridgehead atoms. The first-order valence-corrected chi connectivity index (χ1v) is 9.91. The molecule has 3 rings (SSSR count). The Kier molecular flexibility index (Phi) is 6.30. The molecule has 24 heavy (non-hydrogen) atoms. The number of benzene rings is 1. The number of carbonyl (C=O) groups excluding carboxylic acids is 1. The quantitative estimate of drug-likeness (QED) is 0.854. The number of nitrogens with one attached hydrogen (secondary N) is 2. The summed E-state index contributed by atoms with van der Waals surface area (Å²) in [7, 11) is 0. The van der Waals surface area contributed by atoms with E-state index in [9.17, 15) is 4.79 Å². The lowest BCUT2D eigenvalue weighted by Crippen LogP contribution is -3.17. The maximum atomic E-state index is 12.6. The van der Waals surface area contributed by atoms with E-state index in [1.807, 2.05) is 0 Å². The maximum absolute atomic E-state index is 12.6. The highest BCUT2D eigenvalue weighted by Crippen LogP contribution is 2.18. The molecule has 1 aromatic carbocycles. The summed E-state index contributed by atoms with van der Waals surface area (Å²) in [5.41, 5.74) is 1.45. The van der Waals surface area contributed by atoms with Crippen LogP contribution in [0, 0.1) is 5.92 Å². The van der Waals surface area contributed by atoms with Gasteiger partial charge in [-0.2, -0.15) is 0 Å². The Morgan fingerprint density at radius 2 is 1.75 bits per heavy atom. The third kappa shape index (κ3) is 4.83. The van der Waals surface area contributed by atoms with Crippen molar-refractivity contribution in [1.82, 2.24) is 5.32 Å². The third-order valence-corrected chi connectivity index (χ3v) is 6.07. The van der Waals surface area contributed by atoms with E-state index in [1.54, 1.807) is 0 Å². The fraction of sp³-hybridized carbons (Fsp3) is 0.667. The molecule has 0 aromatic heterocycles. The molecule has 1 aliphatic carbocycles. The van der Waals surface area contributed by atoms with Crippen molar-refractivity contribution >= 4 is 5.91 Å². The minimum atomic E-state index is 0.101. The van der Waals surface area contributed by atoms with E-state index in [0.29, 0.717) is 6.04 Å². The number of piperidine rings is 1. The van der Waals surface area contributed by atoms with Crippen LogP contribution < -0.4 is 10.2 Å². The summed E-state index contributed by atoms with van der Waals surface area (Å²) in [6.45, 7) is 4.39. The van der Waals surface area contributed by atoms with Gasteiger partial charge in [-0.3, -0.25) is 4.79 Å². The van der Waals surface area contributed by atoms with Gasteiger partial charge in [-0.05, 0) is 50.5 Å². The van der Waals surface area contributed by atoms with Crippen molar-refractivity contribution in [2.24, 2.45) is 5.92 Å². The van der Waals surface area contributed by atoms with E-state index in [0.717, 1.165) is 19.0 Å². The van der Waals surface area contributed by atoms with Gasteiger partial charge in [0.05, 0.1) is 13.1 Å². The van der Waals surface area contributed by atoms with Crippen LogP contribution in [0.4, 0.5) is 0 Å². The van der Waals surface area contributed by atoms with Crippen LogP contribution in [0.3, 0.4) is 0 Å². The van der Waals surface area contributed by atoms with Gasteiger partial charge in [0.25, 0.3) is 5.91 Å². The van der Waals surface area contributed by atoms with E-state index in [1.165, 1.54) is 61.8 Å². The first kappa shape index (κ1) is 17.5. The van der Waals surface area contributed by atoms with Gasteiger partial charge < -0.3 is 10.2 Å². The van der Waals surface area contributed by atoms with Crippen LogP contribution >= 0.6 is 0 Å². The van der Waals surface area contributed by atoms with Crippen molar-refractivity contribution in [3.8, 4) is 0 Å². The van der Waals surface area contributed by atoms with E-state index < -0.39 is 0 Å². The summed E-state index contributed by atoms with van der Waals surface area (Å²) < 4.78 is 0. The van der Waals surface area contributed by atoms with Gasteiger partial charge >= 0.3 is 0 Å². The highest BCUT2D eigenvalue weighted by Gasteiger charge is 2.31. The van der Waals surface area contributed by atoms with Crippen LogP contribution in [0.25, 0.3) is 0 Å². The van der Waals surface area contributed by atoms with E-state index in [4.69, 9.17) is 0 Å². The van der Waals surface area contributed by atoms with Gasteiger partial charge in [0.15, 0.2) is 6.04 Å². The predicted octanol–water partition coefficient (Wildman–Crippen LogP) is 2.36. The SMILES string of the molecule is C[C@@H](C(=O)NC1CCCCC1)[NH+]1CCC(Cc2ccccc2)CC1. The van der Waals surface area contributed by atoms with Gasteiger partial charge in [-0.25, -0.2) is 0 Å². The monoisotopic (exact) mass is 329 g/mol. The van der Waals surface area contributed by atoms with Crippen molar-refractivity contribution in [2.75, 3.05) is 13.1 Å². The van der Waals surface area contributed by atoms with Crippen LogP contribution in [0.2, 0.25) is 0 Å². The summed E-state index contributed by atoms with van der Waals surface area (Å²) in [5.74, 6) is 1.06. The minimum Gasteiger partial charge on any atom is -0.348 e. The molecular formula is C21H33N2O+. The molecule has 0 radical (unpaired) electrons. The van der Waals surface area contributed by atoms with Crippen molar-refractivity contribution in [3.05, 3.63) is 35.9 Å². The molecule has 1 saturated heterocycles. The van der Waals surface area contributed by atoms with Crippen LogP contribution in [0.15, 0.2) is 30.3 Å². The highest BCUT2D eigenvalue weighted by molar-refractivity contribution is 5.80. The zero-order valence-electron chi connectivity index (χ0n) is 15.1. The van der Waals surface area contributed by atoms with Crippen molar-refractivity contribution in [1.29, 1.82) is 0 Å². The highest BCUT2D eigenvalue weighted by atomic mass is 16.2. The zero-order valence-corrected chi connectivity index (χ0v) is 15.1. The molecule has 1 heterocycles. The van der Waals surface area contributed by atoms with Gasteiger partial charge in [0.2, 0.25) is 0 Å². The standard InChI is InChI=1S/C21H32N2O/c1-17(21(24)22-20-10-6-3-7-11-20)23-14-12-19(13-15-23)16-18-8-4-2-5-9-18/h2,4-5,8-9,17,19-20H,3,6-7,10-16H2,1H3,(H,22,24)/p+1/t17-/m0/s1. The average Bonchev–Trinajstić information content (AvgIpc) is 2.63. The maximum Gasteiger partial charge on any atom is 0.278 e. The van der Waals surface area contributed by atoms with Gasteiger partial charge in [-0.1, -0.05) is 49.6 Å². The average molecular weight is 330 g/mol. The Bertz CT molecular complexity index is 502. The Hall–Kier alpha value is -1.35. The van der Waals surface area contributed by atoms with Crippen LogP contribution in [-0.2, 0) is 11.2 Å². The number of hydrogen-bond acceptors (Lipinski definition) is 1. The van der Waals surface area contributed by atoms with Crippen molar-refractivity contribution in [2.45, 2.75) is 70.4 Å². The molecule has 0 spiro atoms. The van der Waals surface area contributed by atoms with E-state index in [-0.39, 0.29) is 11.9 Å². The molecule has 1 aromatic rings. The van der Waals surface area contributed by atoms with Crippen LogP contribution in [0.1, 0.15) is 57.4 Å². The third-order valence-electron chi connectivity index (χ3n) is 6.07. The summed E-state index contributed by atoms with van der Waals surface area (Å²) in [6.07, 6.45) is 9.91. The molecule has 2 aliphatic rings. The molecule has 1 amide bonds. The Morgan fingerprint density at radius 3 is 2.42 bits per heavy atom. The lowest BCUT2D eigenvalue weighted by molar-refractivity contribution is -0.920. The van der Waals surface area contributed by atoms with Gasteiger partial charge in [-0.15, -0.1) is 0 Å². The molecule has 1 saturated carbocycles. The summed E-state index contributed by atoms with van der Waals surface area (Å²) >= 11 is 0. The number of likely N-dealkylation sites (tertiary alicyclic amines) is 1. The van der Waals surface area contributed by atoms with Crippen LogP contribution in [-0.4, -0.2) is 31.1 Å². The molecule has 1 atom stereocenters. The Balaban J connectivity index is 1.42. The first-order chi connectivity index (χ1) is 11.7. The molecule has 3 heteroatoms. The lowest BCUT2D eigenvalue weighted by Gasteiger charge is -2.33. The van der Waals surface area contributed by atoms with E-state index >= 15 is 0 Å². The second-order valence-electron chi connectivity index (χ2n) is 7.86. The minimum absolute atomic E-state index is 0.101.